The minimum absolute atomic E-state index is 0.211. The zero-order chi connectivity index (χ0) is 11.8. The van der Waals surface area contributed by atoms with E-state index in [0.29, 0.717) is 11.4 Å². The van der Waals surface area contributed by atoms with Crippen LogP contribution in [0.1, 0.15) is 24.6 Å². The van der Waals surface area contributed by atoms with Gasteiger partial charge < -0.3 is 5.32 Å². The van der Waals surface area contributed by atoms with E-state index in [1.807, 2.05) is 19.4 Å². The summed E-state index contributed by atoms with van der Waals surface area (Å²) in [5.74, 6) is 0. The summed E-state index contributed by atoms with van der Waals surface area (Å²) < 4.78 is 27.0. The molecule has 1 aliphatic rings. The van der Waals surface area contributed by atoms with Crippen LogP contribution in [0.4, 0.5) is 0 Å². The molecule has 1 fully saturated rings. The van der Waals surface area contributed by atoms with Crippen LogP contribution in [-0.4, -0.2) is 21.0 Å². The summed E-state index contributed by atoms with van der Waals surface area (Å²) in [7, 11) is -1.53. The number of hydrogen-bond donors (Lipinski definition) is 2. The summed E-state index contributed by atoms with van der Waals surface area (Å²) in [4.78, 5) is 1.28. The number of nitrogens with one attached hydrogen (secondary N) is 2. The van der Waals surface area contributed by atoms with Crippen molar-refractivity contribution in [2.75, 3.05) is 7.05 Å². The third-order valence-corrected chi connectivity index (χ3v) is 5.49. The topological polar surface area (TPSA) is 58.2 Å². The van der Waals surface area contributed by atoms with Gasteiger partial charge in [-0.25, -0.2) is 13.1 Å². The van der Waals surface area contributed by atoms with Crippen molar-refractivity contribution >= 4 is 21.4 Å². The second kappa shape index (κ2) is 4.10. The number of sulfonamides is 1. The van der Waals surface area contributed by atoms with Crippen LogP contribution in [0.5, 0.6) is 0 Å². The molecule has 1 aromatic heterocycles. The van der Waals surface area contributed by atoms with Crippen LogP contribution in [0.15, 0.2) is 16.3 Å². The highest BCUT2D eigenvalue weighted by atomic mass is 32.2. The predicted octanol–water partition coefficient (Wildman–Crippen LogP) is 1.30. The number of hydrogen-bond acceptors (Lipinski definition) is 4. The van der Waals surface area contributed by atoms with Gasteiger partial charge in [-0.05, 0) is 38.3 Å². The fraction of sp³-hybridized carbons (Fsp3) is 0.600. The van der Waals surface area contributed by atoms with Crippen molar-refractivity contribution in [2.24, 2.45) is 0 Å². The molecule has 0 unspecified atom stereocenters. The van der Waals surface area contributed by atoms with Gasteiger partial charge in [-0.15, -0.1) is 11.3 Å². The average Bonchev–Trinajstić information content (AvgIpc) is 2.73. The molecule has 2 rings (SSSR count). The minimum Gasteiger partial charge on any atom is -0.315 e. The van der Waals surface area contributed by atoms with Gasteiger partial charge in [0.05, 0.1) is 4.90 Å². The lowest BCUT2D eigenvalue weighted by Gasteiger charge is -2.12. The molecule has 0 aliphatic heterocycles. The molecule has 1 saturated carbocycles. The highest BCUT2D eigenvalue weighted by Crippen LogP contribution is 2.36. The molecule has 0 atom stereocenters. The molecule has 90 valence electrons. The normalized spacial score (nSPS) is 18.6. The molecule has 1 heterocycles. The van der Waals surface area contributed by atoms with Crippen molar-refractivity contribution in [3.05, 3.63) is 16.3 Å². The van der Waals surface area contributed by atoms with Crippen molar-refractivity contribution in [3.8, 4) is 0 Å². The van der Waals surface area contributed by atoms with Gasteiger partial charge in [-0.2, -0.15) is 0 Å². The highest BCUT2D eigenvalue weighted by Gasteiger charge is 2.41. The first-order valence-corrected chi connectivity index (χ1v) is 7.58. The zero-order valence-electron chi connectivity index (χ0n) is 9.41. The molecule has 0 bridgehead atoms. The van der Waals surface area contributed by atoms with Crippen LogP contribution in [0, 0.1) is 0 Å². The molecule has 0 saturated heterocycles. The molecule has 1 aromatic rings. The Morgan fingerprint density at radius 1 is 1.50 bits per heavy atom. The fourth-order valence-electron chi connectivity index (χ4n) is 1.53. The second-order valence-electron chi connectivity index (χ2n) is 4.40. The fourth-order valence-corrected chi connectivity index (χ4v) is 4.45. The Kier molecular flexibility index (Phi) is 3.09. The van der Waals surface area contributed by atoms with Gasteiger partial charge in [-0.1, -0.05) is 0 Å². The van der Waals surface area contributed by atoms with Crippen LogP contribution < -0.4 is 10.0 Å². The van der Waals surface area contributed by atoms with Crippen LogP contribution in [-0.2, 0) is 16.6 Å². The molecule has 0 spiro atoms. The lowest BCUT2D eigenvalue weighted by Crippen LogP contribution is -2.34. The van der Waals surface area contributed by atoms with Crippen LogP contribution in [0.2, 0.25) is 0 Å². The molecule has 1 aliphatic carbocycles. The van der Waals surface area contributed by atoms with Crippen LogP contribution >= 0.6 is 11.3 Å². The summed E-state index contributed by atoms with van der Waals surface area (Å²) in [6.07, 6.45) is 1.86. The van der Waals surface area contributed by atoms with Crippen molar-refractivity contribution in [1.82, 2.24) is 10.0 Å². The molecule has 4 nitrogen and oxygen atoms in total. The Labute approximate surface area is 100 Å². The van der Waals surface area contributed by atoms with Crippen LogP contribution in [0.25, 0.3) is 0 Å². The van der Waals surface area contributed by atoms with Gasteiger partial charge in [0.2, 0.25) is 10.0 Å². The smallest absolute Gasteiger partial charge is 0.242 e. The van der Waals surface area contributed by atoms with Gasteiger partial charge >= 0.3 is 0 Å². The maximum absolute atomic E-state index is 12.1. The lowest BCUT2D eigenvalue weighted by molar-refractivity contribution is 0.557. The summed E-state index contributed by atoms with van der Waals surface area (Å²) in [6, 6.07) is 1.67. The second-order valence-corrected chi connectivity index (χ2v) is 7.06. The van der Waals surface area contributed by atoms with E-state index in [1.54, 1.807) is 6.07 Å². The molecule has 2 N–H and O–H groups in total. The maximum Gasteiger partial charge on any atom is 0.242 e. The molecule has 0 aromatic carbocycles. The summed E-state index contributed by atoms with van der Waals surface area (Å²) in [5, 5.41) is 4.80. The quantitative estimate of drug-likeness (QED) is 0.839. The Balaban J connectivity index is 2.24. The zero-order valence-corrected chi connectivity index (χ0v) is 11.0. The summed E-state index contributed by atoms with van der Waals surface area (Å²) in [6.45, 7) is 2.53. The van der Waals surface area contributed by atoms with E-state index in [-0.39, 0.29) is 5.54 Å². The predicted molar refractivity (Wildman–Crippen MR) is 65.0 cm³/mol. The molecule has 6 heteroatoms. The van der Waals surface area contributed by atoms with Crippen LogP contribution in [0.3, 0.4) is 0 Å². The monoisotopic (exact) mass is 260 g/mol. The van der Waals surface area contributed by atoms with E-state index < -0.39 is 10.0 Å². The Morgan fingerprint density at radius 3 is 2.75 bits per heavy atom. The first kappa shape index (κ1) is 12.0. The molecule has 0 radical (unpaired) electrons. The molecule has 16 heavy (non-hydrogen) atoms. The van der Waals surface area contributed by atoms with Gasteiger partial charge in [0, 0.05) is 17.0 Å². The Bertz CT molecular complexity index is 475. The third-order valence-electron chi connectivity index (χ3n) is 2.71. The SMILES string of the molecule is CNCc1sccc1S(=O)(=O)NC1(C)CC1. The lowest BCUT2D eigenvalue weighted by atomic mass is 10.4. The Morgan fingerprint density at radius 2 is 2.19 bits per heavy atom. The number of thiophene rings is 1. The van der Waals surface area contributed by atoms with E-state index in [9.17, 15) is 8.42 Å². The van der Waals surface area contributed by atoms with Gasteiger partial charge in [0.15, 0.2) is 0 Å². The standard InChI is InChI=1S/C10H16N2O2S2/c1-10(4-5-10)12-16(13,14)9-3-6-15-8(9)7-11-2/h3,6,11-12H,4-5,7H2,1-2H3. The first-order chi connectivity index (χ1) is 7.47. The molecular formula is C10H16N2O2S2. The van der Waals surface area contributed by atoms with Gasteiger partial charge in [-0.3, -0.25) is 0 Å². The Hall–Kier alpha value is -0.430. The van der Waals surface area contributed by atoms with Gasteiger partial charge in [0.25, 0.3) is 0 Å². The molecule has 0 amide bonds. The van der Waals surface area contributed by atoms with E-state index in [4.69, 9.17) is 0 Å². The van der Waals surface area contributed by atoms with E-state index in [1.165, 1.54) is 11.3 Å². The highest BCUT2D eigenvalue weighted by molar-refractivity contribution is 7.89. The summed E-state index contributed by atoms with van der Waals surface area (Å²) in [5.41, 5.74) is -0.211. The average molecular weight is 260 g/mol. The number of rotatable bonds is 5. The largest absolute Gasteiger partial charge is 0.315 e. The van der Waals surface area contributed by atoms with Crippen molar-refractivity contribution < 1.29 is 8.42 Å². The summed E-state index contributed by atoms with van der Waals surface area (Å²) >= 11 is 1.47. The van der Waals surface area contributed by atoms with Crippen molar-refractivity contribution in [3.63, 3.8) is 0 Å². The minimum atomic E-state index is -3.34. The third kappa shape index (κ3) is 2.45. The first-order valence-electron chi connectivity index (χ1n) is 5.22. The van der Waals surface area contributed by atoms with E-state index >= 15 is 0 Å². The van der Waals surface area contributed by atoms with E-state index in [0.717, 1.165) is 17.7 Å². The van der Waals surface area contributed by atoms with Gasteiger partial charge in [0.1, 0.15) is 0 Å². The van der Waals surface area contributed by atoms with E-state index in [2.05, 4.69) is 10.0 Å². The molecular weight excluding hydrogens is 244 g/mol. The maximum atomic E-state index is 12.1. The van der Waals surface area contributed by atoms with Crippen molar-refractivity contribution in [2.45, 2.75) is 36.7 Å². The van der Waals surface area contributed by atoms with Crippen molar-refractivity contribution in [1.29, 1.82) is 0 Å².